The number of phenolic OH excluding ortho intramolecular Hbond substituents is 1. The Morgan fingerprint density at radius 2 is 1.79 bits per heavy atom. The van der Waals surface area contributed by atoms with Gasteiger partial charge in [0.2, 0.25) is 0 Å². The van der Waals surface area contributed by atoms with E-state index >= 15 is 0 Å². The van der Waals surface area contributed by atoms with Crippen molar-refractivity contribution in [3.63, 3.8) is 0 Å². The molecule has 0 aliphatic rings. The van der Waals surface area contributed by atoms with Crippen LogP contribution in [0.15, 0.2) is 54.7 Å². The first-order valence-electron chi connectivity index (χ1n) is 6.36. The van der Waals surface area contributed by atoms with Crippen LogP contribution in [-0.2, 0) is 13.1 Å². The molecule has 3 rings (SSSR count). The van der Waals surface area contributed by atoms with Crippen LogP contribution in [0.5, 0.6) is 5.75 Å². The molecule has 3 nitrogen and oxygen atoms in total. The van der Waals surface area contributed by atoms with Gasteiger partial charge in [-0.05, 0) is 35.4 Å². The molecular formula is C16H16N2O. The van der Waals surface area contributed by atoms with Gasteiger partial charge >= 0.3 is 0 Å². The first kappa shape index (κ1) is 11.8. The summed E-state index contributed by atoms with van der Waals surface area (Å²) in [5, 5.41) is 13.9. The van der Waals surface area contributed by atoms with E-state index in [1.807, 2.05) is 18.3 Å². The van der Waals surface area contributed by atoms with Crippen molar-refractivity contribution in [1.29, 1.82) is 0 Å². The van der Waals surface area contributed by atoms with Gasteiger partial charge in [-0.15, -0.1) is 0 Å². The van der Waals surface area contributed by atoms with Crippen LogP contribution in [0.4, 0.5) is 0 Å². The minimum Gasteiger partial charge on any atom is -0.508 e. The predicted octanol–water partition coefficient (Wildman–Crippen LogP) is 3.16. The van der Waals surface area contributed by atoms with E-state index in [2.05, 4.69) is 34.6 Å². The van der Waals surface area contributed by atoms with Gasteiger partial charge in [0.25, 0.3) is 0 Å². The number of aromatic nitrogens is 1. The molecule has 0 unspecified atom stereocenters. The fourth-order valence-electron chi connectivity index (χ4n) is 2.26. The van der Waals surface area contributed by atoms with Gasteiger partial charge in [0, 0.05) is 30.2 Å². The maximum absolute atomic E-state index is 9.23. The van der Waals surface area contributed by atoms with E-state index in [4.69, 9.17) is 0 Å². The lowest BCUT2D eigenvalue weighted by Gasteiger charge is -2.06. The number of phenols is 1. The number of fused-ring (bicyclic) bond motifs is 1. The number of hydrogen-bond acceptors (Lipinski definition) is 2. The second-order valence-corrected chi connectivity index (χ2v) is 4.63. The van der Waals surface area contributed by atoms with Gasteiger partial charge in [-0.25, -0.2) is 0 Å². The van der Waals surface area contributed by atoms with E-state index in [1.54, 1.807) is 12.1 Å². The molecule has 0 aliphatic carbocycles. The van der Waals surface area contributed by atoms with Gasteiger partial charge in [-0.2, -0.15) is 0 Å². The molecule has 0 fully saturated rings. The Hall–Kier alpha value is -2.26. The second-order valence-electron chi connectivity index (χ2n) is 4.63. The first-order chi connectivity index (χ1) is 9.33. The van der Waals surface area contributed by atoms with Gasteiger partial charge in [-0.1, -0.05) is 24.3 Å². The van der Waals surface area contributed by atoms with Crippen molar-refractivity contribution in [3.05, 3.63) is 65.9 Å². The maximum Gasteiger partial charge on any atom is 0.115 e. The highest BCUT2D eigenvalue weighted by Gasteiger charge is 2.01. The molecule has 1 heterocycles. The Morgan fingerprint density at radius 1 is 0.947 bits per heavy atom. The zero-order chi connectivity index (χ0) is 13.1. The van der Waals surface area contributed by atoms with Crippen LogP contribution in [0.25, 0.3) is 10.9 Å². The van der Waals surface area contributed by atoms with Crippen LogP contribution >= 0.6 is 0 Å². The molecule has 0 amide bonds. The van der Waals surface area contributed by atoms with Crippen LogP contribution < -0.4 is 5.32 Å². The molecule has 2 aromatic carbocycles. The van der Waals surface area contributed by atoms with E-state index in [0.717, 1.165) is 13.1 Å². The normalized spacial score (nSPS) is 10.9. The van der Waals surface area contributed by atoms with Crippen molar-refractivity contribution in [2.24, 2.45) is 0 Å². The van der Waals surface area contributed by atoms with Gasteiger partial charge in [0.1, 0.15) is 5.75 Å². The zero-order valence-corrected chi connectivity index (χ0v) is 10.6. The van der Waals surface area contributed by atoms with Crippen molar-refractivity contribution in [2.45, 2.75) is 13.1 Å². The summed E-state index contributed by atoms with van der Waals surface area (Å²) >= 11 is 0. The van der Waals surface area contributed by atoms with E-state index in [0.29, 0.717) is 5.75 Å². The molecule has 3 heteroatoms. The SMILES string of the molecule is Oc1ccc(CNCc2cccc3[nH]ccc23)cc1. The highest BCUT2D eigenvalue weighted by molar-refractivity contribution is 5.82. The summed E-state index contributed by atoms with van der Waals surface area (Å²) in [5.41, 5.74) is 3.63. The standard InChI is InChI=1S/C16H16N2O/c19-14-6-4-12(5-7-14)10-17-11-13-2-1-3-16-15(13)8-9-18-16/h1-9,17-19H,10-11H2. The zero-order valence-electron chi connectivity index (χ0n) is 10.6. The Bertz CT molecular complexity index is 671. The monoisotopic (exact) mass is 252 g/mol. The van der Waals surface area contributed by atoms with E-state index in [-0.39, 0.29) is 0 Å². The molecule has 19 heavy (non-hydrogen) atoms. The van der Waals surface area contributed by atoms with E-state index in [1.165, 1.54) is 22.0 Å². The van der Waals surface area contributed by atoms with Crippen molar-refractivity contribution < 1.29 is 5.11 Å². The summed E-state index contributed by atoms with van der Waals surface area (Å²) in [6.07, 6.45) is 1.97. The number of hydrogen-bond donors (Lipinski definition) is 3. The van der Waals surface area contributed by atoms with Crippen LogP contribution in [0.2, 0.25) is 0 Å². The van der Waals surface area contributed by atoms with Gasteiger partial charge < -0.3 is 15.4 Å². The van der Waals surface area contributed by atoms with E-state index < -0.39 is 0 Å². The summed E-state index contributed by atoms with van der Waals surface area (Å²) in [4.78, 5) is 3.22. The van der Waals surface area contributed by atoms with E-state index in [9.17, 15) is 5.11 Å². The van der Waals surface area contributed by atoms with Crippen molar-refractivity contribution in [1.82, 2.24) is 10.3 Å². The minimum absolute atomic E-state index is 0.306. The Morgan fingerprint density at radius 3 is 2.63 bits per heavy atom. The fraction of sp³-hybridized carbons (Fsp3) is 0.125. The molecule has 3 aromatic rings. The van der Waals surface area contributed by atoms with Crippen LogP contribution in [-0.4, -0.2) is 10.1 Å². The third-order valence-corrected chi connectivity index (χ3v) is 3.27. The molecule has 0 atom stereocenters. The molecule has 0 spiro atoms. The summed E-state index contributed by atoms with van der Waals surface area (Å²) in [6, 6.07) is 15.7. The van der Waals surface area contributed by atoms with Crippen molar-refractivity contribution >= 4 is 10.9 Å². The molecule has 0 aliphatic heterocycles. The molecular weight excluding hydrogens is 236 g/mol. The molecule has 0 saturated carbocycles. The third kappa shape index (κ3) is 2.61. The average Bonchev–Trinajstić information content (AvgIpc) is 2.90. The second kappa shape index (κ2) is 5.16. The average molecular weight is 252 g/mol. The highest BCUT2D eigenvalue weighted by Crippen LogP contribution is 2.17. The number of nitrogens with one attached hydrogen (secondary N) is 2. The fourth-order valence-corrected chi connectivity index (χ4v) is 2.26. The van der Waals surface area contributed by atoms with Crippen molar-refractivity contribution in [2.75, 3.05) is 0 Å². The molecule has 96 valence electrons. The largest absolute Gasteiger partial charge is 0.508 e. The lowest BCUT2D eigenvalue weighted by atomic mass is 10.1. The quantitative estimate of drug-likeness (QED) is 0.668. The molecule has 1 aromatic heterocycles. The van der Waals surface area contributed by atoms with Gasteiger partial charge in [-0.3, -0.25) is 0 Å². The Labute approximate surface area is 111 Å². The summed E-state index contributed by atoms with van der Waals surface area (Å²) < 4.78 is 0. The summed E-state index contributed by atoms with van der Waals surface area (Å²) in [5.74, 6) is 0.306. The van der Waals surface area contributed by atoms with Crippen LogP contribution in [0.3, 0.4) is 0 Å². The summed E-state index contributed by atoms with van der Waals surface area (Å²) in [6.45, 7) is 1.62. The Balaban J connectivity index is 1.66. The van der Waals surface area contributed by atoms with Gasteiger partial charge in [0.15, 0.2) is 0 Å². The number of rotatable bonds is 4. The lowest BCUT2D eigenvalue weighted by Crippen LogP contribution is -2.12. The molecule has 3 N–H and O–H groups in total. The third-order valence-electron chi connectivity index (χ3n) is 3.27. The van der Waals surface area contributed by atoms with Crippen LogP contribution in [0.1, 0.15) is 11.1 Å². The number of H-pyrrole nitrogens is 1. The smallest absolute Gasteiger partial charge is 0.115 e. The number of benzene rings is 2. The lowest BCUT2D eigenvalue weighted by molar-refractivity contribution is 0.475. The minimum atomic E-state index is 0.306. The molecule has 0 bridgehead atoms. The van der Waals surface area contributed by atoms with Gasteiger partial charge in [0.05, 0.1) is 0 Å². The summed E-state index contributed by atoms with van der Waals surface area (Å²) in [7, 11) is 0. The molecule has 0 saturated heterocycles. The van der Waals surface area contributed by atoms with Crippen molar-refractivity contribution in [3.8, 4) is 5.75 Å². The number of aromatic hydroxyl groups is 1. The highest BCUT2D eigenvalue weighted by atomic mass is 16.3. The van der Waals surface area contributed by atoms with Crippen LogP contribution in [0, 0.1) is 0 Å². The maximum atomic E-state index is 9.23. The predicted molar refractivity (Wildman–Crippen MR) is 76.9 cm³/mol. The molecule has 0 radical (unpaired) electrons. The topological polar surface area (TPSA) is 48.0 Å². The Kier molecular flexibility index (Phi) is 3.21. The number of aromatic amines is 1. The first-order valence-corrected chi connectivity index (χ1v) is 6.36.